The molecule has 0 radical (unpaired) electrons. The van der Waals surface area contributed by atoms with Crippen LogP contribution in [0.15, 0.2) is 51.8 Å². The van der Waals surface area contributed by atoms with E-state index in [1.807, 2.05) is 25.1 Å². The number of hydrogen-bond donors (Lipinski definition) is 1. The minimum Gasteiger partial charge on any atom is -0.377 e. The molecular formula is C15H15BrClNO2S. The molecule has 0 aromatic heterocycles. The fourth-order valence-electron chi connectivity index (χ4n) is 1.93. The van der Waals surface area contributed by atoms with E-state index < -0.39 is 9.84 Å². The van der Waals surface area contributed by atoms with Crippen molar-refractivity contribution in [1.82, 2.24) is 0 Å². The lowest BCUT2D eigenvalue weighted by Gasteiger charge is -2.17. The summed E-state index contributed by atoms with van der Waals surface area (Å²) in [5, 5.41) is 3.94. The molecule has 0 aliphatic carbocycles. The zero-order chi connectivity index (χ0) is 15.6. The predicted molar refractivity (Wildman–Crippen MR) is 90.7 cm³/mol. The lowest BCUT2D eigenvalue weighted by Crippen LogP contribution is -2.07. The maximum atomic E-state index is 11.4. The molecule has 0 heterocycles. The monoisotopic (exact) mass is 387 g/mol. The molecule has 21 heavy (non-hydrogen) atoms. The van der Waals surface area contributed by atoms with Crippen molar-refractivity contribution >= 4 is 43.1 Å². The van der Waals surface area contributed by atoms with Gasteiger partial charge in [-0.15, -0.1) is 0 Å². The summed E-state index contributed by atoms with van der Waals surface area (Å²) in [6.45, 7) is 1.99. The van der Waals surface area contributed by atoms with Crippen molar-refractivity contribution in [2.75, 3.05) is 11.6 Å². The predicted octanol–water partition coefficient (Wildman–Crippen LogP) is 4.68. The summed E-state index contributed by atoms with van der Waals surface area (Å²) in [7, 11) is -3.16. The van der Waals surface area contributed by atoms with Crippen molar-refractivity contribution in [3.05, 3.63) is 57.5 Å². The molecular weight excluding hydrogens is 374 g/mol. The molecule has 1 unspecified atom stereocenters. The van der Waals surface area contributed by atoms with Gasteiger partial charge in [-0.2, -0.15) is 0 Å². The van der Waals surface area contributed by atoms with E-state index in [2.05, 4.69) is 21.2 Å². The Morgan fingerprint density at radius 3 is 2.29 bits per heavy atom. The molecule has 2 aromatic carbocycles. The van der Waals surface area contributed by atoms with Gasteiger partial charge in [0.05, 0.1) is 15.6 Å². The van der Waals surface area contributed by atoms with Crippen molar-refractivity contribution in [3.8, 4) is 0 Å². The van der Waals surface area contributed by atoms with Gasteiger partial charge in [0, 0.05) is 16.8 Å². The Kier molecular flexibility index (Phi) is 4.96. The molecule has 2 aromatic rings. The SMILES string of the molecule is CC(Nc1ccc(Br)cc1Cl)c1ccc(S(C)(=O)=O)cc1. The van der Waals surface area contributed by atoms with Crippen molar-refractivity contribution in [3.63, 3.8) is 0 Å². The first-order valence-electron chi connectivity index (χ1n) is 6.29. The molecule has 1 N–H and O–H groups in total. The molecule has 6 heteroatoms. The van der Waals surface area contributed by atoms with E-state index in [4.69, 9.17) is 11.6 Å². The van der Waals surface area contributed by atoms with Crippen LogP contribution in [0.3, 0.4) is 0 Å². The highest BCUT2D eigenvalue weighted by Crippen LogP contribution is 2.29. The van der Waals surface area contributed by atoms with E-state index >= 15 is 0 Å². The first kappa shape index (κ1) is 16.3. The Hall–Kier alpha value is -1.04. The third kappa shape index (κ3) is 4.22. The average Bonchev–Trinajstić information content (AvgIpc) is 2.41. The molecule has 0 fully saturated rings. The van der Waals surface area contributed by atoms with Gasteiger partial charge >= 0.3 is 0 Å². The van der Waals surface area contributed by atoms with Crippen LogP contribution in [0.2, 0.25) is 5.02 Å². The fraction of sp³-hybridized carbons (Fsp3) is 0.200. The minimum atomic E-state index is -3.16. The standard InChI is InChI=1S/C15H15BrClNO2S/c1-10(18-15-8-5-12(16)9-14(15)17)11-3-6-13(7-4-11)21(2,19)20/h3-10,18H,1-2H3. The van der Waals surface area contributed by atoms with E-state index in [1.165, 1.54) is 6.26 Å². The van der Waals surface area contributed by atoms with Crippen LogP contribution in [0, 0.1) is 0 Å². The Labute approximate surface area is 138 Å². The van der Waals surface area contributed by atoms with Gasteiger partial charge in [-0.25, -0.2) is 8.42 Å². The molecule has 0 aliphatic rings. The van der Waals surface area contributed by atoms with E-state index in [1.54, 1.807) is 24.3 Å². The van der Waals surface area contributed by atoms with Gasteiger partial charge < -0.3 is 5.32 Å². The van der Waals surface area contributed by atoms with Gasteiger partial charge in [-0.05, 0) is 42.8 Å². The molecule has 0 aliphatic heterocycles. The van der Waals surface area contributed by atoms with Crippen LogP contribution in [0.4, 0.5) is 5.69 Å². The van der Waals surface area contributed by atoms with E-state index in [9.17, 15) is 8.42 Å². The normalized spacial score (nSPS) is 13.0. The topological polar surface area (TPSA) is 46.2 Å². The van der Waals surface area contributed by atoms with E-state index in [-0.39, 0.29) is 6.04 Å². The first-order chi connectivity index (χ1) is 9.77. The van der Waals surface area contributed by atoms with Crippen LogP contribution in [0.1, 0.15) is 18.5 Å². The number of rotatable bonds is 4. The quantitative estimate of drug-likeness (QED) is 0.827. The Bertz CT molecular complexity index is 745. The largest absolute Gasteiger partial charge is 0.377 e. The Balaban J connectivity index is 2.18. The molecule has 3 nitrogen and oxygen atoms in total. The summed E-state index contributed by atoms with van der Waals surface area (Å²) >= 11 is 9.54. The number of nitrogens with one attached hydrogen (secondary N) is 1. The van der Waals surface area contributed by atoms with Crippen molar-refractivity contribution in [2.24, 2.45) is 0 Å². The lowest BCUT2D eigenvalue weighted by molar-refractivity contribution is 0.602. The second-order valence-corrected chi connectivity index (χ2v) is 8.17. The van der Waals surface area contributed by atoms with Crippen LogP contribution in [0.5, 0.6) is 0 Å². The third-order valence-corrected chi connectivity index (χ3v) is 5.05. The highest BCUT2D eigenvalue weighted by Gasteiger charge is 2.10. The number of halogens is 2. The summed E-state index contributed by atoms with van der Waals surface area (Å²) < 4.78 is 23.8. The Morgan fingerprint density at radius 1 is 1.14 bits per heavy atom. The van der Waals surface area contributed by atoms with Crippen LogP contribution >= 0.6 is 27.5 Å². The third-order valence-electron chi connectivity index (χ3n) is 3.11. The number of anilines is 1. The van der Waals surface area contributed by atoms with Gasteiger partial charge in [0.1, 0.15) is 0 Å². The molecule has 2 rings (SSSR count). The number of benzene rings is 2. The van der Waals surface area contributed by atoms with Crippen LogP contribution in [-0.2, 0) is 9.84 Å². The molecule has 0 saturated carbocycles. The van der Waals surface area contributed by atoms with Crippen molar-refractivity contribution < 1.29 is 8.42 Å². The van der Waals surface area contributed by atoms with E-state index in [0.717, 1.165) is 15.7 Å². The number of hydrogen-bond acceptors (Lipinski definition) is 3. The number of sulfone groups is 1. The van der Waals surface area contributed by atoms with Gasteiger partial charge in [-0.3, -0.25) is 0 Å². The summed E-state index contributed by atoms with van der Waals surface area (Å²) in [4.78, 5) is 0.320. The maximum Gasteiger partial charge on any atom is 0.175 e. The zero-order valence-electron chi connectivity index (χ0n) is 11.6. The summed E-state index contributed by atoms with van der Waals surface area (Å²) in [5.41, 5.74) is 1.82. The second kappa shape index (κ2) is 6.38. The van der Waals surface area contributed by atoms with Crippen LogP contribution in [-0.4, -0.2) is 14.7 Å². The fourth-order valence-corrected chi connectivity index (χ4v) is 3.29. The molecule has 0 saturated heterocycles. The maximum absolute atomic E-state index is 11.4. The average molecular weight is 389 g/mol. The summed E-state index contributed by atoms with van der Waals surface area (Å²) in [6.07, 6.45) is 1.20. The first-order valence-corrected chi connectivity index (χ1v) is 9.35. The lowest BCUT2D eigenvalue weighted by atomic mass is 10.1. The zero-order valence-corrected chi connectivity index (χ0v) is 14.8. The van der Waals surface area contributed by atoms with Gasteiger partial charge in [0.15, 0.2) is 9.84 Å². The minimum absolute atomic E-state index is 0.0114. The smallest absolute Gasteiger partial charge is 0.175 e. The van der Waals surface area contributed by atoms with Crippen molar-refractivity contribution in [2.45, 2.75) is 17.9 Å². The van der Waals surface area contributed by atoms with E-state index in [0.29, 0.717) is 9.92 Å². The molecule has 112 valence electrons. The second-order valence-electron chi connectivity index (χ2n) is 4.83. The Morgan fingerprint density at radius 2 is 1.76 bits per heavy atom. The van der Waals surface area contributed by atoms with Gasteiger partial charge in [-0.1, -0.05) is 39.7 Å². The summed E-state index contributed by atoms with van der Waals surface area (Å²) in [5.74, 6) is 0. The van der Waals surface area contributed by atoms with Crippen LogP contribution in [0.25, 0.3) is 0 Å². The van der Waals surface area contributed by atoms with Gasteiger partial charge in [0.25, 0.3) is 0 Å². The van der Waals surface area contributed by atoms with Gasteiger partial charge in [0.2, 0.25) is 0 Å². The molecule has 0 bridgehead atoms. The molecule has 1 atom stereocenters. The highest BCUT2D eigenvalue weighted by molar-refractivity contribution is 9.10. The summed E-state index contributed by atoms with van der Waals surface area (Å²) in [6, 6.07) is 12.5. The van der Waals surface area contributed by atoms with Crippen molar-refractivity contribution in [1.29, 1.82) is 0 Å². The highest BCUT2D eigenvalue weighted by atomic mass is 79.9. The molecule has 0 amide bonds. The van der Waals surface area contributed by atoms with Crippen LogP contribution < -0.4 is 5.32 Å². The molecule has 0 spiro atoms.